The van der Waals surface area contributed by atoms with Crippen LogP contribution in [0.2, 0.25) is 0 Å². The lowest BCUT2D eigenvalue weighted by molar-refractivity contribution is -0.274. The molecular formula is C20H17F5N2O3. The summed E-state index contributed by atoms with van der Waals surface area (Å²) in [5.41, 5.74) is -0.399. The van der Waals surface area contributed by atoms with Crippen LogP contribution in [0.3, 0.4) is 0 Å². The summed E-state index contributed by atoms with van der Waals surface area (Å²) in [6, 6.07) is 9.51. The lowest BCUT2D eigenvalue weighted by Crippen LogP contribution is -2.34. The first-order valence-electron chi connectivity index (χ1n) is 9.01. The quantitative estimate of drug-likeness (QED) is 0.310. The highest BCUT2D eigenvalue weighted by Crippen LogP contribution is 2.31. The number of halogens is 5. The molecule has 0 aromatic heterocycles. The standard InChI is InChI=1S/C20H17F5N2O3/c21-14-8-9-15(30-20(23,24)25)17(18(14)22)19(27-29-11-13-6-7-13)26-16(28)10-12-4-2-1-3-5-12/h1-5,8-9,13H,6-7,10-11H2,(H,26,27,28). The number of carbonyl (C=O) groups is 1. The number of ether oxygens (including phenoxy) is 1. The second-order valence-corrected chi connectivity index (χ2v) is 6.67. The first-order valence-corrected chi connectivity index (χ1v) is 9.01. The van der Waals surface area contributed by atoms with Crippen molar-refractivity contribution in [2.75, 3.05) is 6.61 Å². The van der Waals surface area contributed by atoms with Gasteiger partial charge in [0, 0.05) is 0 Å². The molecule has 1 saturated carbocycles. The summed E-state index contributed by atoms with van der Waals surface area (Å²) in [5, 5.41) is 5.78. The number of carbonyl (C=O) groups excluding carboxylic acids is 1. The third kappa shape index (κ3) is 6.16. The SMILES string of the molecule is O=C(Cc1ccccc1)NC(=NOCC1CC1)c1c(OC(F)(F)F)ccc(F)c1F. The molecule has 0 spiro atoms. The van der Waals surface area contributed by atoms with Crippen molar-refractivity contribution in [2.45, 2.75) is 25.6 Å². The monoisotopic (exact) mass is 428 g/mol. The van der Waals surface area contributed by atoms with Crippen molar-refractivity contribution in [3.05, 3.63) is 65.2 Å². The molecule has 2 aromatic carbocycles. The van der Waals surface area contributed by atoms with Gasteiger partial charge in [-0.15, -0.1) is 13.2 Å². The number of benzene rings is 2. The first kappa shape index (κ1) is 21.5. The fraction of sp³-hybridized carbons (Fsp3) is 0.300. The van der Waals surface area contributed by atoms with Crippen LogP contribution in [0.5, 0.6) is 5.75 Å². The second-order valence-electron chi connectivity index (χ2n) is 6.67. The molecule has 1 N–H and O–H groups in total. The Morgan fingerprint density at radius 3 is 2.43 bits per heavy atom. The van der Waals surface area contributed by atoms with Crippen molar-refractivity contribution < 1.29 is 36.3 Å². The van der Waals surface area contributed by atoms with E-state index in [0.717, 1.165) is 12.8 Å². The van der Waals surface area contributed by atoms with Crippen LogP contribution in [-0.4, -0.2) is 24.7 Å². The Hall–Kier alpha value is -3.17. The summed E-state index contributed by atoms with van der Waals surface area (Å²) < 4.78 is 70.2. The largest absolute Gasteiger partial charge is 0.573 e. The van der Waals surface area contributed by atoms with Crippen molar-refractivity contribution in [3.63, 3.8) is 0 Å². The van der Waals surface area contributed by atoms with Gasteiger partial charge in [0.2, 0.25) is 5.91 Å². The van der Waals surface area contributed by atoms with E-state index in [0.29, 0.717) is 17.7 Å². The van der Waals surface area contributed by atoms with Gasteiger partial charge in [-0.1, -0.05) is 35.5 Å². The zero-order valence-electron chi connectivity index (χ0n) is 15.5. The first-order chi connectivity index (χ1) is 14.2. The Labute approximate surface area is 168 Å². The number of amidine groups is 1. The average molecular weight is 428 g/mol. The molecule has 1 fully saturated rings. The van der Waals surface area contributed by atoms with Gasteiger partial charge < -0.3 is 14.9 Å². The lowest BCUT2D eigenvalue weighted by Gasteiger charge is -2.16. The van der Waals surface area contributed by atoms with Gasteiger partial charge in [0.15, 0.2) is 17.5 Å². The van der Waals surface area contributed by atoms with Gasteiger partial charge in [0.1, 0.15) is 17.9 Å². The molecule has 0 atom stereocenters. The smallest absolute Gasteiger partial charge is 0.405 e. The summed E-state index contributed by atoms with van der Waals surface area (Å²) in [6.45, 7) is 0.129. The maximum absolute atomic E-state index is 14.5. The molecular weight excluding hydrogens is 411 g/mol. The fourth-order valence-corrected chi connectivity index (χ4v) is 2.54. The predicted octanol–water partition coefficient (Wildman–Crippen LogP) is 4.31. The Balaban J connectivity index is 1.91. The van der Waals surface area contributed by atoms with E-state index in [4.69, 9.17) is 4.84 Å². The summed E-state index contributed by atoms with van der Waals surface area (Å²) in [4.78, 5) is 17.4. The number of oxime groups is 1. The minimum absolute atomic E-state index is 0.129. The highest BCUT2D eigenvalue weighted by molar-refractivity contribution is 6.09. The van der Waals surface area contributed by atoms with E-state index >= 15 is 0 Å². The maximum atomic E-state index is 14.5. The van der Waals surface area contributed by atoms with Crippen molar-refractivity contribution in [1.82, 2.24) is 5.32 Å². The van der Waals surface area contributed by atoms with Crippen LogP contribution in [0.15, 0.2) is 47.6 Å². The van der Waals surface area contributed by atoms with Gasteiger partial charge in [-0.2, -0.15) is 0 Å². The predicted molar refractivity (Wildman–Crippen MR) is 96.5 cm³/mol. The van der Waals surface area contributed by atoms with E-state index in [2.05, 4.69) is 15.2 Å². The fourth-order valence-electron chi connectivity index (χ4n) is 2.54. The minimum Gasteiger partial charge on any atom is -0.405 e. The number of nitrogens with zero attached hydrogens (tertiary/aromatic N) is 1. The van der Waals surface area contributed by atoms with Gasteiger partial charge in [-0.05, 0) is 36.5 Å². The molecule has 0 heterocycles. The van der Waals surface area contributed by atoms with Gasteiger partial charge in [-0.3, -0.25) is 4.79 Å². The van der Waals surface area contributed by atoms with Crippen LogP contribution >= 0.6 is 0 Å². The molecule has 0 bridgehead atoms. The summed E-state index contributed by atoms with van der Waals surface area (Å²) >= 11 is 0. The Morgan fingerprint density at radius 2 is 1.80 bits per heavy atom. The Bertz CT molecular complexity index is 928. The van der Waals surface area contributed by atoms with Gasteiger partial charge in [0.25, 0.3) is 0 Å². The zero-order chi connectivity index (χ0) is 21.7. The van der Waals surface area contributed by atoms with E-state index in [1.165, 1.54) is 0 Å². The molecule has 0 radical (unpaired) electrons. The van der Waals surface area contributed by atoms with Gasteiger partial charge in [-0.25, -0.2) is 8.78 Å². The summed E-state index contributed by atoms with van der Waals surface area (Å²) in [6.07, 6.45) is -3.56. The molecule has 160 valence electrons. The molecule has 2 aromatic rings. The normalized spacial score (nSPS) is 14.4. The average Bonchev–Trinajstić information content (AvgIpc) is 3.48. The number of hydrogen-bond donors (Lipinski definition) is 1. The van der Waals surface area contributed by atoms with Crippen LogP contribution in [-0.2, 0) is 16.1 Å². The Kier molecular flexibility index (Phi) is 6.53. The van der Waals surface area contributed by atoms with Crippen molar-refractivity contribution in [2.24, 2.45) is 11.1 Å². The highest BCUT2D eigenvalue weighted by atomic mass is 19.4. The van der Waals surface area contributed by atoms with Crippen molar-refractivity contribution >= 4 is 11.7 Å². The molecule has 0 unspecified atom stereocenters. The number of nitrogens with one attached hydrogen (secondary N) is 1. The van der Waals surface area contributed by atoms with Gasteiger partial charge >= 0.3 is 6.36 Å². The molecule has 1 aliphatic carbocycles. The van der Waals surface area contributed by atoms with Crippen LogP contribution in [0, 0.1) is 17.6 Å². The Morgan fingerprint density at radius 1 is 1.10 bits per heavy atom. The van der Waals surface area contributed by atoms with Crippen molar-refractivity contribution in [1.29, 1.82) is 0 Å². The van der Waals surface area contributed by atoms with E-state index in [1.54, 1.807) is 30.3 Å². The molecule has 0 saturated heterocycles. The topological polar surface area (TPSA) is 59.9 Å². The molecule has 1 aliphatic rings. The molecule has 0 aliphatic heterocycles. The number of rotatable bonds is 7. The molecule has 5 nitrogen and oxygen atoms in total. The number of hydrogen-bond acceptors (Lipinski definition) is 4. The van der Waals surface area contributed by atoms with E-state index in [1.807, 2.05) is 0 Å². The second kappa shape index (κ2) is 9.10. The molecule has 3 rings (SSSR count). The number of amides is 1. The zero-order valence-corrected chi connectivity index (χ0v) is 15.5. The summed E-state index contributed by atoms with van der Waals surface area (Å²) in [5.74, 6) is -5.37. The lowest BCUT2D eigenvalue weighted by atomic mass is 10.1. The van der Waals surface area contributed by atoms with Gasteiger partial charge in [0.05, 0.1) is 6.42 Å². The molecule has 1 amide bonds. The van der Waals surface area contributed by atoms with Crippen LogP contribution < -0.4 is 10.1 Å². The third-order valence-electron chi connectivity index (χ3n) is 4.15. The molecule has 10 heteroatoms. The minimum atomic E-state index is -5.17. The van der Waals surface area contributed by atoms with Crippen LogP contribution in [0.25, 0.3) is 0 Å². The van der Waals surface area contributed by atoms with E-state index in [9.17, 15) is 26.7 Å². The maximum Gasteiger partial charge on any atom is 0.573 e. The van der Waals surface area contributed by atoms with Crippen LogP contribution in [0.4, 0.5) is 22.0 Å². The van der Waals surface area contributed by atoms with Crippen LogP contribution in [0.1, 0.15) is 24.0 Å². The molecule has 30 heavy (non-hydrogen) atoms. The third-order valence-corrected chi connectivity index (χ3v) is 4.15. The van der Waals surface area contributed by atoms with Crippen molar-refractivity contribution in [3.8, 4) is 5.75 Å². The number of alkyl halides is 3. The van der Waals surface area contributed by atoms with E-state index < -0.39 is 41.1 Å². The van der Waals surface area contributed by atoms with E-state index in [-0.39, 0.29) is 18.9 Å². The summed E-state index contributed by atoms with van der Waals surface area (Å²) in [7, 11) is 0. The highest BCUT2D eigenvalue weighted by Gasteiger charge is 2.34.